The zero-order valence-corrected chi connectivity index (χ0v) is 11.7. The first-order valence-corrected chi connectivity index (χ1v) is 6.75. The number of urea groups is 1. The number of hydrogen-bond acceptors (Lipinski definition) is 2. The standard InChI is InChI=1S/C14H24N2O3/c1-4-5-11(12(17)18)16-13(19)15-10-6-8-14(2,3)9-7-10/h4,10-11H,1,5-9H2,2-3H3,(H,17,18)(H2,15,16,19). The molecule has 1 unspecified atom stereocenters. The predicted molar refractivity (Wildman–Crippen MR) is 73.9 cm³/mol. The molecule has 0 aromatic heterocycles. The molecule has 0 aliphatic heterocycles. The number of aliphatic carboxylic acids is 1. The van der Waals surface area contributed by atoms with Crippen LogP contribution in [-0.4, -0.2) is 29.2 Å². The Hall–Kier alpha value is -1.52. The summed E-state index contributed by atoms with van der Waals surface area (Å²) in [5, 5.41) is 14.3. The molecular weight excluding hydrogens is 244 g/mol. The van der Waals surface area contributed by atoms with E-state index in [9.17, 15) is 9.59 Å². The summed E-state index contributed by atoms with van der Waals surface area (Å²) in [5.74, 6) is -1.04. The lowest BCUT2D eigenvalue weighted by Crippen LogP contribution is -2.49. The summed E-state index contributed by atoms with van der Waals surface area (Å²) in [6.45, 7) is 7.95. The third-order valence-corrected chi connectivity index (χ3v) is 3.68. The van der Waals surface area contributed by atoms with Gasteiger partial charge in [0, 0.05) is 6.04 Å². The van der Waals surface area contributed by atoms with Gasteiger partial charge in [-0.15, -0.1) is 6.58 Å². The van der Waals surface area contributed by atoms with E-state index in [0.29, 0.717) is 5.41 Å². The van der Waals surface area contributed by atoms with Crippen LogP contribution in [-0.2, 0) is 4.79 Å². The van der Waals surface area contributed by atoms with Crippen molar-refractivity contribution in [3.63, 3.8) is 0 Å². The van der Waals surface area contributed by atoms with Gasteiger partial charge in [-0.1, -0.05) is 19.9 Å². The van der Waals surface area contributed by atoms with E-state index < -0.39 is 18.0 Å². The van der Waals surface area contributed by atoms with E-state index in [-0.39, 0.29) is 12.5 Å². The predicted octanol–water partition coefficient (Wildman–Crippen LogP) is 2.28. The van der Waals surface area contributed by atoms with Crippen molar-refractivity contribution in [2.45, 2.75) is 58.0 Å². The lowest BCUT2D eigenvalue weighted by Gasteiger charge is -2.34. The number of carbonyl (C=O) groups excluding carboxylic acids is 1. The molecule has 1 rings (SSSR count). The van der Waals surface area contributed by atoms with Crippen LogP contribution in [0.4, 0.5) is 4.79 Å². The van der Waals surface area contributed by atoms with Crippen molar-refractivity contribution in [3.05, 3.63) is 12.7 Å². The van der Waals surface area contributed by atoms with E-state index in [1.165, 1.54) is 6.08 Å². The molecule has 1 saturated carbocycles. The zero-order valence-electron chi connectivity index (χ0n) is 11.7. The van der Waals surface area contributed by atoms with Gasteiger partial charge in [0.25, 0.3) is 0 Å². The van der Waals surface area contributed by atoms with Crippen LogP contribution in [0.25, 0.3) is 0 Å². The maximum absolute atomic E-state index is 11.7. The number of rotatable bonds is 5. The van der Waals surface area contributed by atoms with E-state index in [0.717, 1.165) is 25.7 Å². The highest BCUT2D eigenvalue weighted by Gasteiger charge is 2.28. The third kappa shape index (κ3) is 5.32. The topological polar surface area (TPSA) is 78.4 Å². The molecule has 108 valence electrons. The zero-order chi connectivity index (χ0) is 14.5. The van der Waals surface area contributed by atoms with Crippen LogP contribution in [0.2, 0.25) is 0 Å². The Bertz CT molecular complexity index is 343. The van der Waals surface area contributed by atoms with Crippen LogP contribution < -0.4 is 10.6 Å². The van der Waals surface area contributed by atoms with Gasteiger partial charge in [-0.3, -0.25) is 0 Å². The first-order valence-electron chi connectivity index (χ1n) is 6.75. The number of carboxylic acids is 1. The number of carboxylic acid groups (broad SMARTS) is 1. The van der Waals surface area contributed by atoms with E-state index in [4.69, 9.17) is 5.11 Å². The highest BCUT2D eigenvalue weighted by atomic mass is 16.4. The lowest BCUT2D eigenvalue weighted by molar-refractivity contribution is -0.139. The third-order valence-electron chi connectivity index (χ3n) is 3.68. The minimum atomic E-state index is -1.04. The Balaban J connectivity index is 2.38. The van der Waals surface area contributed by atoms with Gasteiger partial charge in [-0.2, -0.15) is 0 Å². The summed E-state index contributed by atoms with van der Waals surface area (Å²) in [5.41, 5.74) is 0.348. The van der Waals surface area contributed by atoms with Crippen molar-refractivity contribution in [2.75, 3.05) is 0 Å². The fourth-order valence-electron chi connectivity index (χ4n) is 2.32. The molecule has 0 spiro atoms. The van der Waals surface area contributed by atoms with E-state index in [2.05, 4.69) is 31.1 Å². The van der Waals surface area contributed by atoms with Gasteiger partial charge in [-0.05, 0) is 37.5 Å². The van der Waals surface area contributed by atoms with Crippen molar-refractivity contribution in [1.82, 2.24) is 10.6 Å². The minimum absolute atomic E-state index is 0.145. The van der Waals surface area contributed by atoms with Crippen LogP contribution in [0, 0.1) is 5.41 Å². The molecule has 0 bridgehead atoms. The molecule has 1 atom stereocenters. The quantitative estimate of drug-likeness (QED) is 0.669. The van der Waals surface area contributed by atoms with Gasteiger partial charge < -0.3 is 15.7 Å². The van der Waals surface area contributed by atoms with Gasteiger partial charge in [-0.25, -0.2) is 9.59 Å². The molecule has 0 aromatic carbocycles. The normalized spacial score (nSPS) is 20.3. The van der Waals surface area contributed by atoms with Crippen LogP contribution in [0.5, 0.6) is 0 Å². The van der Waals surface area contributed by atoms with Gasteiger partial charge >= 0.3 is 12.0 Å². The Kier molecular flexibility index (Phi) is 5.39. The van der Waals surface area contributed by atoms with E-state index in [1.807, 2.05) is 0 Å². The van der Waals surface area contributed by atoms with Gasteiger partial charge in [0.05, 0.1) is 0 Å². The van der Waals surface area contributed by atoms with Gasteiger partial charge in [0.15, 0.2) is 0 Å². The summed E-state index contributed by atoms with van der Waals surface area (Å²) < 4.78 is 0. The molecule has 0 saturated heterocycles. The summed E-state index contributed by atoms with van der Waals surface area (Å²) in [4.78, 5) is 22.7. The summed E-state index contributed by atoms with van der Waals surface area (Å²) >= 11 is 0. The largest absolute Gasteiger partial charge is 0.480 e. The first-order chi connectivity index (χ1) is 8.84. The summed E-state index contributed by atoms with van der Waals surface area (Å²) in [6.07, 6.45) is 5.75. The van der Waals surface area contributed by atoms with Crippen molar-refractivity contribution in [3.8, 4) is 0 Å². The molecule has 5 nitrogen and oxygen atoms in total. The Labute approximate surface area is 114 Å². The van der Waals surface area contributed by atoms with Gasteiger partial charge in [0.1, 0.15) is 6.04 Å². The second-order valence-corrected chi connectivity index (χ2v) is 5.97. The van der Waals surface area contributed by atoms with Crippen molar-refractivity contribution < 1.29 is 14.7 Å². The average molecular weight is 268 g/mol. The molecule has 0 aromatic rings. The second kappa shape index (κ2) is 6.59. The Morgan fingerprint density at radius 1 is 1.42 bits per heavy atom. The molecule has 1 aliphatic carbocycles. The molecule has 0 radical (unpaired) electrons. The number of amides is 2. The first kappa shape index (κ1) is 15.5. The van der Waals surface area contributed by atoms with Crippen molar-refractivity contribution >= 4 is 12.0 Å². The van der Waals surface area contributed by atoms with E-state index in [1.54, 1.807) is 0 Å². The lowest BCUT2D eigenvalue weighted by atomic mass is 9.76. The van der Waals surface area contributed by atoms with Crippen molar-refractivity contribution in [1.29, 1.82) is 0 Å². The molecular formula is C14H24N2O3. The maximum atomic E-state index is 11.7. The van der Waals surface area contributed by atoms with Crippen LogP contribution >= 0.6 is 0 Å². The van der Waals surface area contributed by atoms with Gasteiger partial charge in [0.2, 0.25) is 0 Å². The minimum Gasteiger partial charge on any atom is -0.480 e. The second-order valence-electron chi connectivity index (χ2n) is 5.97. The monoisotopic (exact) mass is 268 g/mol. The Morgan fingerprint density at radius 3 is 2.47 bits per heavy atom. The van der Waals surface area contributed by atoms with Crippen LogP contribution in [0.15, 0.2) is 12.7 Å². The number of nitrogens with one attached hydrogen (secondary N) is 2. The number of hydrogen-bond donors (Lipinski definition) is 3. The highest BCUT2D eigenvalue weighted by molar-refractivity contribution is 5.82. The molecule has 2 amide bonds. The SMILES string of the molecule is C=CCC(NC(=O)NC1CCC(C)(C)CC1)C(=O)O. The number of carbonyl (C=O) groups is 2. The molecule has 3 N–H and O–H groups in total. The van der Waals surface area contributed by atoms with Crippen LogP contribution in [0.1, 0.15) is 46.0 Å². The summed E-state index contributed by atoms with van der Waals surface area (Å²) in [7, 11) is 0. The molecule has 0 heterocycles. The van der Waals surface area contributed by atoms with Crippen molar-refractivity contribution in [2.24, 2.45) is 5.41 Å². The average Bonchev–Trinajstić information content (AvgIpc) is 2.31. The van der Waals surface area contributed by atoms with Crippen LogP contribution in [0.3, 0.4) is 0 Å². The highest BCUT2D eigenvalue weighted by Crippen LogP contribution is 2.34. The smallest absolute Gasteiger partial charge is 0.326 e. The fourth-order valence-corrected chi connectivity index (χ4v) is 2.32. The maximum Gasteiger partial charge on any atom is 0.326 e. The molecule has 19 heavy (non-hydrogen) atoms. The summed E-state index contributed by atoms with van der Waals surface area (Å²) in [6, 6.07) is -1.16. The van der Waals surface area contributed by atoms with E-state index >= 15 is 0 Å². The molecule has 1 aliphatic rings. The molecule has 5 heteroatoms. The molecule has 1 fully saturated rings. The Morgan fingerprint density at radius 2 is 2.00 bits per heavy atom. The fraction of sp³-hybridized carbons (Fsp3) is 0.714.